The zero-order valence-electron chi connectivity index (χ0n) is 14.2. The van der Waals surface area contributed by atoms with Crippen molar-refractivity contribution in [1.82, 2.24) is 0 Å². The molecule has 0 unspecified atom stereocenters. The fourth-order valence-electron chi connectivity index (χ4n) is 2.04. The molecule has 0 fully saturated rings. The molecule has 0 amide bonds. The molecule has 0 aliphatic carbocycles. The van der Waals surface area contributed by atoms with Crippen LogP contribution in [0.2, 0.25) is 0 Å². The van der Waals surface area contributed by atoms with E-state index in [1.54, 1.807) is 0 Å². The summed E-state index contributed by atoms with van der Waals surface area (Å²) in [6, 6.07) is 10.7. The molecule has 2 rings (SSSR count). The molecule has 0 saturated heterocycles. The lowest BCUT2D eigenvalue weighted by atomic mass is 10.2. The first-order valence-electron chi connectivity index (χ1n) is 7.71. The van der Waals surface area contributed by atoms with Crippen LogP contribution in [-0.4, -0.2) is 32.8 Å². The number of nitrogens with one attached hydrogen (secondary N) is 1. The van der Waals surface area contributed by atoms with Crippen molar-refractivity contribution in [3.8, 4) is 0 Å². The fraction of sp³-hybridized carbons (Fsp3) is 0.0556. The number of nitrogens with zero attached hydrogens (tertiary/aromatic N) is 1. The third kappa shape index (κ3) is 5.95. The van der Waals surface area contributed by atoms with Gasteiger partial charge in [0.15, 0.2) is 0 Å². The van der Waals surface area contributed by atoms with Crippen molar-refractivity contribution in [2.24, 2.45) is 4.99 Å². The summed E-state index contributed by atoms with van der Waals surface area (Å²) in [4.78, 5) is 23.9. The van der Waals surface area contributed by atoms with Crippen molar-refractivity contribution >= 4 is 39.6 Å². The van der Waals surface area contributed by atoms with Gasteiger partial charge in [0.05, 0.1) is 23.4 Å². The second-order valence-corrected chi connectivity index (χ2v) is 7.08. The first-order valence-corrected chi connectivity index (χ1v) is 9.19. The monoisotopic (exact) mass is 401 g/mol. The average Bonchev–Trinajstić information content (AvgIpc) is 2.65. The molecular formula is C18H13N2O7S-3. The van der Waals surface area contributed by atoms with Gasteiger partial charge in [0.25, 0.3) is 10.0 Å². The number of carboxylic acid groups (broad SMARTS) is 2. The molecule has 0 spiro atoms. The number of aliphatic carboxylic acids is 2. The number of rotatable bonds is 8. The van der Waals surface area contributed by atoms with E-state index < -0.39 is 34.4 Å². The molecule has 146 valence electrons. The molecule has 10 heteroatoms. The van der Waals surface area contributed by atoms with E-state index in [1.807, 2.05) is 0 Å². The van der Waals surface area contributed by atoms with Crippen LogP contribution in [0.5, 0.6) is 0 Å². The standard InChI is InChI=1S/C18H16N2O7S/c21-16(22)10-3-12-1-8-15(9-2-12)28(26,27)20-14-6-4-13(5-7-14)18(25)19-11-17(23)24/h1-10,20H,11H2,(H,19,25)(H,21,22)(H,23,24)/p-3/b10-3+. The molecule has 1 N–H and O–H groups in total. The molecule has 0 aliphatic heterocycles. The number of carboxylic acids is 2. The number of carbonyl (C=O) groups is 2. The molecule has 2 aromatic carbocycles. The first-order chi connectivity index (χ1) is 13.2. The van der Waals surface area contributed by atoms with E-state index in [-0.39, 0.29) is 16.1 Å². The Kier molecular flexibility index (Phi) is 6.51. The number of carbonyl (C=O) groups excluding carboxylic acids is 2. The van der Waals surface area contributed by atoms with Gasteiger partial charge in [0, 0.05) is 5.69 Å². The quantitative estimate of drug-likeness (QED) is 0.307. The van der Waals surface area contributed by atoms with Gasteiger partial charge in [0.2, 0.25) is 0 Å². The number of hydrogen-bond acceptors (Lipinski definition) is 8. The van der Waals surface area contributed by atoms with E-state index in [0.717, 1.165) is 6.08 Å². The minimum atomic E-state index is -3.91. The molecule has 9 nitrogen and oxygen atoms in total. The van der Waals surface area contributed by atoms with E-state index in [1.165, 1.54) is 54.6 Å². The summed E-state index contributed by atoms with van der Waals surface area (Å²) < 4.78 is 27.1. The van der Waals surface area contributed by atoms with Gasteiger partial charge >= 0.3 is 0 Å². The van der Waals surface area contributed by atoms with E-state index in [2.05, 4.69) is 9.71 Å². The number of benzene rings is 2. The van der Waals surface area contributed by atoms with Crippen LogP contribution in [0.1, 0.15) is 11.1 Å². The Morgan fingerprint density at radius 2 is 1.57 bits per heavy atom. The topological polar surface area (TPSA) is 162 Å². The van der Waals surface area contributed by atoms with Gasteiger partial charge in [-0.2, -0.15) is 0 Å². The second kappa shape index (κ2) is 8.82. The number of sulfonamides is 1. The van der Waals surface area contributed by atoms with Crippen LogP contribution < -0.4 is 20.0 Å². The van der Waals surface area contributed by atoms with Crippen molar-refractivity contribution in [2.75, 3.05) is 11.3 Å². The van der Waals surface area contributed by atoms with Crippen LogP contribution in [0, 0.1) is 0 Å². The van der Waals surface area contributed by atoms with Crippen molar-refractivity contribution in [3.05, 3.63) is 65.7 Å². The molecule has 0 heterocycles. The molecule has 28 heavy (non-hydrogen) atoms. The zero-order valence-corrected chi connectivity index (χ0v) is 15.0. The van der Waals surface area contributed by atoms with E-state index in [0.29, 0.717) is 5.56 Å². The summed E-state index contributed by atoms with van der Waals surface area (Å²) in [5, 5.41) is 32.3. The van der Waals surface area contributed by atoms with Crippen molar-refractivity contribution in [1.29, 1.82) is 0 Å². The summed E-state index contributed by atoms with van der Waals surface area (Å²) in [6.07, 6.45) is 2.09. The van der Waals surface area contributed by atoms with Crippen LogP contribution in [0.4, 0.5) is 5.69 Å². The van der Waals surface area contributed by atoms with Gasteiger partial charge in [-0.3, -0.25) is 9.71 Å². The highest BCUT2D eigenvalue weighted by atomic mass is 32.2. The van der Waals surface area contributed by atoms with Gasteiger partial charge < -0.3 is 24.9 Å². The summed E-state index contributed by atoms with van der Waals surface area (Å²) >= 11 is 0. The Labute approximate surface area is 160 Å². The average molecular weight is 401 g/mol. The maximum absolute atomic E-state index is 12.4. The molecule has 0 saturated carbocycles. The minimum Gasteiger partial charge on any atom is -0.858 e. The first kappa shape index (κ1) is 20.6. The summed E-state index contributed by atoms with van der Waals surface area (Å²) in [7, 11) is -3.91. The van der Waals surface area contributed by atoms with Crippen molar-refractivity contribution in [2.45, 2.75) is 4.90 Å². The summed E-state index contributed by atoms with van der Waals surface area (Å²) in [6.45, 7) is -0.763. The van der Waals surface area contributed by atoms with Crippen LogP contribution in [-0.2, 0) is 19.6 Å². The highest BCUT2D eigenvalue weighted by Crippen LogP contribution is 2.17. The molecular weight excluding hydrogens is 388 g/mol. The SMILES string of the molecule is O=C([O-])/C=C/c1ccc(S(=O)(=O)Nc2ccc(C([O-])=NCC(=O)[O-])cc2)cc1. The van der Waals surface area contributed by atoms with Crippen LogP contribution in [0.25, 0.3) is 6.08 Å². The number of hydrogen-bond donors (Lipinski definition) is 1. The van der Waals surface area contributed by atoms with Gasteiger partial charge in [0.1, 0.15) is 0 Å². The molecule has 0 bridgehead atoms. The lowest BCUT2D eigenvalue weighted by Crippen LogP contribution is -2.28. The van der Waals surface area contributed by atoms with Crippen LogP contribution in [0.3, 0.4) is 0 Å². The number of aliphatic imine (C=N–C) groups is 1. The Hall–Kier alpha value is -3.66. The zero-order chi connectivity index (χ0) is 20.7. The van der Waals surface area contributed by atoms with Gasteiger partial charge in [-0.1, -0.05) is 30.3 Å². The predicted octanol–water partition coefficient (Wildman–Crippen LogP) is -1.89. The smallest absolute Gasteiger partial charge is 0.261 e. The molecule has 0 radical (unpaired) electrons. The van der Waals surface area contributed by atoms with Gasteiger partial charge in [-0.25, -0.2) is 8.42 Å². The van der Waals surface area contributed by atoms with Crippen LogP contribution in [0.15, 0.2) is 64.5 Å². The highest BCUT2D eigenvalue weighted by Gasteiger charge is 2.13. The maximum Gasteiger partial charge on any atom is 0.261 e. The normalized spacial score (nSPS) is 12.1. The molecule has 0 aliphatic rings. The maximum atomic E-state index is 12.4. The summed E-state index contributed by atoms with van der Waals surface area (Å²) in [5.41, 5.74) is 0.747. The lowest BCUT2D eigenvalue weighted by Gasteiger charge is -2.13. The van der Waals surface area contributed by atoms with Crippen molar-refractivity contribution in [3.63, 3.8) is 0 Å². The molecule has 2 aromatic rings. The van der Waals surface area contributed by atoms with Gasteiger partial charge in [-0.15, -0.1) is 0 Å². The fourth-order valence-corrected chi connectivity index (χ4v) is 3.10. The lowest BCUT2D eigenvalue weighted by molar-refractivity contribution is -0.303. The number of anilines is 1. The van der Waals surface area contributed by atoms with Crippen molar-refractivity contribution < 1.29 is 33.3 Å². The van der Waals surface area contributed by atoms with E-state index in [4.69, 9.17) is 0 Å². The van der Waals surface area contributed by atoms with Crippen LogP contribution >= 0.6 is 0 Å². The second-order valence-electron chi connectivity index (χ2n) is 5.40. The predicted molar refractivity (Wildman–Crippen MR) is 94.1 cm³/mol. The third-order valence-electron chi connectivity index (χ3n) is 3.34. The molecule has 0 aromatic heterocycles. The van der Waals surface area contributed by atoms with Gasteiger partial charge in [-0.05, 0) is 47.4 Å². The van der Waals surface area contributed by atoms with E-state index >= 15 is 0 Å². The summed E-state index contributed by atoms with van der Waals surface area (Å²) in [5.74, 6) is -3.62. The highest BCUT2D eigenvalue weighted by molar-refractivity contribution is 7.92. The Morgan fingerprint density at radius 3 is 2.11 bits per heavy atom. The third-order valence-corrected chi connectivity index (χ3v) is 4.74. The Balaban J connectivity index is 2.12. The van der Waals surface area contributed by atoms with E-state index in [9.17, 15) is 33.3 Å². The molecule has 0 atom stereocenters. The largest absolute Gasteiger partial charge is 0.858 e. The Morgan fingerprint density at radius 1 is 0.964 bits per heavy atom. The minimum absolute atomic E-state index is 0.0535. The Bertz CT molecular complexity index is 1020.